The second-order valence-electron chi connectivity index (χ2n) is 5.37. The predicted molar refractivity (Wildman–Crippen MR) is 66.3 cm³/mol. The first-order valence-corrected chi connectivity index (χ1v) is 6.07. The van der Waals surface area contributed by atoms with E-state index in [1.165, 1.54) is 0 Å². The van der Waals surface area contributed by atoms with Gasteiger partial charge in [0, 0.05) is 18.9 Å². The van der Waals surface area contributed by atoms with Crippen LogP contribution < -0.4 is 5.32 Å². The van der Waals surface area contributed by atoms with Gasteiger partial charge in [-0.05, 0) is 20.8 Å². The third-order valence-electron chi connectivity index (χ3n) is 1.98. The maximum atomic E-state index is 11.4. The van der Waals surface area contributed by atoms with Crippen LogP contribution in [0.4, 0.5) is 4.79 Å². The van der Waals surface area contributed by atoms with Crippen LogP contribution in [0.25, 0.3) is 0 Å². The number of carbonyl (C=O) groups is 1. The van der Waals surface area contributed by atoms with E-state index in [2.05, 4.69) is 15.5 Å². The zero-order chi connectivity index (χ0) is 13.8. The Hall–Kier alpha value is -1.59. The molecule has 0 radical (unpaired) electrons. The first-order valence-electron chi connectivity index (χ1n) is 6.07. The number of carbonyl (C=O) groups excluding carboxylic acids is 1. The molecule has 0 atom stereocenters. The van der Waals surface area contributed by atoms with Gasteiger partial charge in [-0.2, -0.15) is 0 Å². The van der Waals surface area contributed by atoms with Crippen molar-refractivity contribution in [2.24, 2.45) is 0 Å². The van der Waals surface area contributed by atoms with Gasteiger partial charge in [-0.3, -0.25) is 0 Å². The van der Waals surface area contributed by atoms with Crippen molar-refractivity contribution in [3.05, 3.63) is 11.8 Å². The molecular weight excluding hydrogens is 234 g/mol. The summed E-state index contributed by atoms with van der Waals surface area (Å²) in [4.78, 5) is 11.4. The Bertz CT molecular complexity index is 394. The highest BCUT2D eigenvalue weighted by atomic mass is 16.6. The largest absolute Gasteiger partial charge is 0.444 e. The highest BCUT2D eigenvalue weighted by Crippen LogP contribution is 2.12. The number of hydrogen-bond acceptors (Lipinski definition) is 5. The van der Waals surface area contributed by atoms with E-state index in [0.29, 0.717) is 24.7 Å². The van der Waals surface area contributed by atoms with Gasteiger partial charge in [-0.15, -0.1) is 10.2 Å². The summed E-state index contributed by atoms with van der Waals surface area (Å²) in [5.41, 5.74) is -0.487. The Morgan fingerprint density at radius 2 is 2.06 bits per heavy atom. The van der Waals surface area contributed by atoms with E-state index < -0.39 is 11.7 Å². The third kappa shape index (κ3) is 5.16. The molecule has 0 aliphatic heterocycles. The molecule has 1 rings (SSSR count). The number of nitrogens with one attached hydrogen (secondary N) is 1. The van der Waals surface area contributed by atoms with Crippen molar-refractivity contribution < 1.29 is 13.9 Å². The van der Waals surface area contributed by atoms with E-state index in [-0.39, 0.29) is 5.92 Å². The van der Waals surface area contributed by atoms with E-state index in [9.17, 15) is 4.79 Å². The highest BCUT2D eigenvalue weighted by Gasteiger charge is 2.16. The molecule has 6 heteroatoms. The molecule has 0 unspecified atom stereocenters. The van der Waals surface area contributed by atoms with Crippen LogP contribution >= 0.6 is 0 Å². The van der Waals surface area contributed by atoms with Gasteiger partial charge < -0.3 is 14.5 Å². The molecule has 0 bridgehead atoms. The van der Waals surface area contributed by atoms with Gasteiger partial charge in [-0.1, -0.05) is 13.8 Å². The standard InChI is InChI=1S/C12H21N3O3/c1-8(2)10-15-14-9(17-10)6-7-13-11(16)18-12(3,4)5/h8H,6-7H2,1-5H3,(H,13,16). The van der Waals surface area contributed by atoms with Crippen LogP contribution in [-0.2, 0) is 11.2 Å². The van der Waals surface area contributed by atoms with Crippen molar-refractivity contribution in [3.63, 3.8) is 0 Å². The Morgan fingerprint density at radius 1 is 1.39 bits per heavy atom. The molecule has 0 fully saturated rings. The lowest BCUT2D eigenvalue weighted by Gasteiger charge is -2.19. The van der Waals surface area contributed by atoms with Gasteiger partial charge in [0.05, 0.1) is 0 Å². The number of ether oxygens (including phenoxy) is 1. The average Bonchev–Trinajstić information content (AvgIpc) is 2.63. The molecule has 18 heavy (non-hydrogen) atoms. The Labute approximate surface area is 107 Å². The summed E-state index contributed by atoms with van der Waals surface area (Å²) in [6.07, 6.45) is 0.0602. The van der Waals surface area contributed by atoms with Gasteiger partial charge >= 0.3 is 6.09 Å². The summed E-state index contributed by atoms with van der Waals surface area (Å²) in [6, 6.07) is 0. The number of aromatic nitrogens is 2. The fourth-order valence-electron chi connectivity index (χ4n) is 1.19. The smallest absolute Gasteiger partial charge is 0.407 e. The van der Waals surface area contributed by atoms with Crippen LogP contribution in [0.3, 0.4) is 0 Å². The zero-order valence-electron chi connectivity index (χ0n) is 11.6. The van der Waals surface area contributed by atoms with E-state index >= 15 is 0 Å². The molecule has 0 aliphatic carbocycles. The van der Waals surface area contributed by atoms with E-state index in [1.54, 1.807) is 0 Å². The number of alkyl carbamates (subject to hydrolysis) is 1. The molecule has 1 aromatic rings. The van der Waals surface area contributed by atoms with Crippen molar-refractivity contribution in [1.29, 1.82) is 0 Å². The fraction of sp³-hybridized carbons (Fsp3) is 0.750. The van der Waals surface area contributed by atoms with Gasteiger partial charge in [0.1, 0.15) is 5.60 Å². The van der Waals surface area contributed by atoms with Crippen LogP contribution in [0.2, 0.25) is 0 Å². The topological polar surface area (TPSA) is 77.2 Å². The molecule has 1 aromatic heterocycles. The molecular formula is C12H21N3O3. The molecule has 0 aliphatic rings. The highest BCUT2D eigenvalue weighted by molar-refractivity contribution is 5.67. The number of rotatable bonds is 4. The second kappa shape index (κ2) is 5.84. The molecule has 1 N–H and O–H groups in total. The fourth-order valence-corrected chi connectivity index (χ4v) is 1.19. The minimum atomic E-state index is -0.487. The van der Waals surface area contributed by atoms with Crippen LogP contribution in [0.5, 0.6) is 0 Å². The summed E-state index contributed by atoms with van der Waals surface area (Å²) in [5.74, 6) is 1.35. The summed E-state index contributed by atoms with van der Waals surface area (Å²) >= 11 is 0. The maximum Gasteiger partial charge on any atom is 0.407 e. The van der Waals surface area contributed by atoms with Gasteiger partial charge in [0.15, 0.2) is 0 Å². The molecule has 0 saturated heterocycles. The van der Waals surface area contributed by atoms with Crippen molar-refractivity contribution in [1.82, 2.24) is 15.5 Å². The van der Waals surface area contributed by atoms with Crippen LogP contribution in [0.1, 0.15) is 52.3 Å². The van der Waals surface area contributed by atoms with E-state index in [0.717, 1.165) is 0 Å². The van der Waals surface area contributed by atoms with Gasteiger partial charge in [0.25, 0.3) is 0 Å². The number of hydrogen-bond donors (Lipinski definition) is 1. The Morgan fingerprint density at radius 3 is 2.56 bits per heavy atom. The quantitative estimate of drug-likeness (QED) is 0.892. The van der Waals surface area contributed by atoms with Crippen LogP contribution in [0, 0.1) is 0 Å². The lowest BCUT2D eigenvalue weighted by molar-refractivity contribution is 0.0528. The minimum Gasteiger partial charge on any atom is -0.444 e. The average molecular weight is 255 g/mol. The molecule has 0 saturated carbocycles. The van der Waals surface area contributed by atoms with Crippen molar-refractivity contribution in [2.75, 3.05) is 6.54 Å². The normalized spacial score (nSPS) is 11.7. The SMILES string of the molecule is CC(C)c1nnc(CCNC(=O)OC(C)(C)C)o1. The summed E-state index contributed by atoms with van der Waals surface area (Å²) in [5, 5.41) is 10.4. The zero-order valence-corrected chi connectivity index (χ0v) is 11.6. The molecule has 6 nitrogen and oxygen atoms in total. The van der Waals surface area contributed by atoms with Gasteiger partial charge in [-0.25, -0.2) is 4.79 Å². The molecule has 1 heterocycles. The van der Waals surface area contributed by atoms with Crippen LogP contribution in [0.15, 0.2) is 4.42 Å². The van der Waals surface area contributed by atoms with Gasteiger partial charge in [0.2, 0.25) is 11.8 Å². The third-order valence-corrected chi connectivity index (χ3v) is 1.98. The van der Waals surface area contributed by atoms with Crippen LogP contribution in [-0.4, -0.2) is 28.4 Å². The number of nitrogens with zero attached hydrogens (tertiary/aromatic N) is 2. The lowest BCUT2D eigenvalue weighted by Crippen LogP contribution is -2.33. The molecule has 0 aromatic carbocycles. The Balaban J connectivity index is 2.31. The monoisotopic (exact) mass is 255 g/mol. The Kier molecular flexibility index (Phi) is 4.69. The molecule has 1 amide bonds. The number of amides is 1. The summed E-state index contributed by atoms with van der Waals surface area (Å²) < 4.78 is 10.5. The first-order chi connectivity index (χ1) is 8.28. The molecule has 102 valence electrons. The maximum absolute atomic E-state index is 11.4. The van der Waals surface area contributed by atoms with Crippen molar-refractivity contribution in [2.45, 2.75) is 52.6 Å². The minimum absolute atomic E-state index is 0.213. The predicted octanol–water partition coefficient (Wildman–Crippen LogP) is 2.26. The summed E-state index contributed by atoms with van der Waals surface area (Å²) in [7, 11) is 0. The molecule has 0 spiro atoms. The van der Waals surface area contributed by atoms with Crippen molar-refractivity contribution >= 4 is 6.09 Å². The summed E-state index contributed by atoms with van der Waals surface area (Å²) in [6.45, 7) is 9.83. The first kappa shape index (κ1) is 14.5. The lowest BCUT2D eigenvalue weighted by atomic mass is 10.2. The second-order valence-corrected chi connectivity index (χ2v) is 5.37. The van der Waals surface area contributed by atoms with E-state index in [1.807, 2.05) is 34.6 Å². The van der Waals surface area contributed by atoms with Crippen molar-refractivity contribution in [3.8, 4) is 0 Å². The van der Waals surface area contributed by atoms with E-state index in [4.69, 9.17) is 9.15 Å².